The minimum atomic E-state index is -0.549. The van der Waals surface area contributed by atoms with Crippen LogP contribution in [0.2, 0.25) is 0 Å². The molecule has 3 aromatic rings. The second kappa shape index (κ2) is 8.31. The van der Waals surface area contributed by atoms with E-state index in [2.05, 4.69) is 18.2 Å². The van der Waals surface area contributed by atoms with Gasteiger partial charge in [0.1, 0.15) is 0 Å². The van der Waals surface area contributed by atoms with Crippen LogP contribution in [0.25, 0.3) is 0 Å². The van der Waals surface area contributed by atoms with Gasteiger partial charge in [-0.15, -0.1) is 0 Å². The number of amides is 2. The topological polar surface area (TPSA) is 49.7 Å². The third-order valence-electron chi connectivity index (χ3n) is 6.24. The average Bonchev–Trinajstić information content (AvgIpc) is 2.82. The minimum absolute atomic E-state index is 0.0603. The van der Waals surface area contributed by atoms with Crippen LogP contribution in [-0.4, -0.2) is 22.9 Å². The van der Waals surface area contributed by atoms with E-state index in [1.54, 1.807) is 12.3 Å². The van der Waals surface area contributed by atoms with Gasteiger partial charge in [-0.05, 0) is 47.6 Å². The van der Waals surface area contributed by atoms with E-state index in [-0.39, 0.29) is 24.4 Å². The standard InChI is InChI=1S/C27H24N2O2/c30-26-23-15-7-6-14-22(23)24(27(31)29(26)18-19-9-2-1-3-10-19)17-28-25-16-8-12-20-11-4-5-13-21(20)25/h1-7,9-11,13-15,17,24-25H,8,12,16,18H2/t24-,25-/m1/s1. The highest BCUT2D eigenvalue weighted by molar-refractivity contribution is 6.16. The number of carbonyl (C=O) groups is 2. The first-order valence-corrected chi connectivity index (χ1v) is 10.8. The lowest BCUT2D eigenvalue weighted by molar-refractivity contribution is -0.129. The van der Waals surface area contributed by atoms with Crippen LogP contribution in [0.5, 0.6) is 0 Å². The van der Waals surface area contributed by atoms with Crippen molar-refractivity contribution in [1.82, 2.24) is 4.90 Å². The number of fused-ring (bicyclic) bond motifs is 2. The van der Waals surface area contributed by atoms with E-state index >= 15 is 0 Å². The lowest BCUT2D eigenvalue weighted by Crippen LogP contribution is -2.44. The van der Waals surface area contributed by atoms with Crippen molar-refractivity contribution in [2.75, 3.05) is 0 Å². The maximum atomic E-state index is 13.4. The molecule has 0 radical (unpaired) electrons. The molecule has 154 valence electrons. The first-order chi connectivity index (χ1) is 15.2. The predicted octanol–water partition coefficient (Wildman–Crippen LogP) is 5.10. The number of aliphatic imine (C=N–C) groups is 1. The summed E-state index contributed by atoms with van der Waals surface area (Å²) < 4.78 is 0. The van der Waals surface area contributed by atoms with Crippen molar-refractivity contribution in [3.8, 4) is 0 Å². The van der Waals surface area contributed by atoms with Crippen LogP contribution in [0.4, 0.5) is 0 Å². The Hall–Kier alpha value is -3.53. The van der Waals surface area contributed by atoms with Crippen LogP contribution in [0, 0.1) is 0 Å². The molecule has 0 unspecified atom stereocenters. The molecule has 4 nitrogen and oxygen atoms in total. The monoisotopic (exact) mass is 408 g/mol. The summed E-state index contributed by atoms with van der Waals surface area (Å²) in [5.41, 5.74) is 4.85. The number of nitrogens with zero attached hydrogens (tertiary/aromatic N) is 2. The second-order valence-corrected chi connectivity index (χ2v) is 8.19. The van der Waals surface area contributed by atoms with E-state index in [4.69, 9.17) is 4.99 Å². The molecule has 2 aliphatic rings. The summed E-state index contributed by atoms with van der Waals surface area (Å²) >= 11 is 0. The molecule has 0 fully saturated rings. The molecule has 0 aromatic heterocycles. The lowest BCUT2D eigenvalue weighted by Gasteiger charge is -2.31. The number of imide groups is 1. The van der Waals surface area contributed by atoms with Gasteiger partial charge in [-0.1, -0.05) is 72.8 Å². The molecule has 0 N–H and O–H groups in total. The van der Waals surface area contributed by atoms with Gasteiger partial charge in [-0.25, -0.2) is 0 Å². The normalized spacial score (nSPS) is 20.6. The summed E-state index contributed by atoms with van der Waals surface area (Å²) in [7, 11) is 0. The van der Waals surface area contributed by atoms with Crippen molar-refractivity contribution < 1.29 is 9.59 Å². The van der Waals surface area contributed by atoms with Gasteiger partial charge in [-0.3, -0.25) is 19.5 Å². The van der Waals surface area contributed by atoms with E-state index in [0.29, 0.717) is 5.56 Å². The summed E-state index contributed by atoms with van der Waals surface area (Å²) in [5.74, 6) is -0.996. The molecule has 1 aliphatic carbocycles. The summed E-state index contributed by atoms with van der Waals surface area (Å²) in [6, 6.07) is 25.5. The van der Waals surface area contributed by atoms with Crippen molar-refractivity contribution in [1.29, 1.82) is 0 Å². The molecule has 5 rings (SSSR count). The minimum Gasteiger partial charge on any atom is -0.288 e. The largest absolute Gasteiger partial charge is 0.288 e. The van der Waals surface area contributed by atoms with E-state index < -0.39 is 5.92 Å². The molecule has 0 saturated heterocycles. The molecule has 2 amide bonds. The van der Waals surface area contributed by atoms with Crippen LogP contribution in [-0.2, 0) is 17.8 Å². The zero-order valence-corrected chi connectivity index (χ0v) is 17.3. The number of hydrogen-bond donors (Lipinski definition) is 0. The molecule has 0 saturated carbocycles. The van der Waals surface area contributed by atoms with E-state index in [0.717, 1.165) is 30.4 Å². The molecule has 4 heteroatoms. The zero-order chi connectivity index (χ0) is 21.2. The van der Waals surface area contributed by atoms with E-state index in [1.165, 1.54) is 16.0 Å². The summed E-state index contributed by atoms with van der Waals surface area (Å²) in [6.07, 6.45) is 4.92. The van der Waals surface area contributed by atoms with Gasteiger partial charge < -0.3 is 0 Å². The van der Waals surface area contributed by atoms with Crippen molar-refractivity contribution in [2.45, 2.75) is 37.8 Å². The first kappa shape index (κ1) is 19.4. The quantitative estimate of drug-likeness (QED) is 0.445. The zero-order valence-electron chi connectivity index (χ0n) is 17.3. The van der Waals surface area contributed by atoms with Crippen molar-refractivity contribution in [3.05, 3.63) is 107 Å². The highest BCUT2D eigenvalue weighted by Crippen LogP contribution is 2.34. The molecule has 3 aromatic carbocycles. The van der Waals surface area contributed by atoms with Gasteiger partial charge in [0.25, 0.3) is 5.91 Å². The third-order valence-corrected chi connectivity index (χ3v) is 6.24. The number of aryl methyl sites for hydroxylation is 1. The molecule has 0 bridgehead atoms. The Morgan fingerprint density at radius 2 is 1.58 bits per heavy atom. The van der Waals surface area contributed by atoms with Crippen LogP contribution in [0.1, 0.15) is 57.4 Å². The van der Waals surface area contributed by atoms with Gasteiger partial charge in [0.05, 0.1) is 18.5 Å². The summed E-state index contributed by atoms with van der Waals surface area (Å²) in [6.45, 7) is 0.267. The fourth-order valence-electron chi connectivity index (χ4n) is 4.64. The van der Waals surface area contributed by atoms with Crippen LogP contribution < -0.4 is 0 Å². The van der Waals surface area contributed by atoms with Gasteiger partial charge in [0.15, 0.2) is 0 Å². The molecule has 2 atom stereocenters. The fourth-order valence-corrected chi connectivity index (χ4v) is 4.64. The van der Waals surface area contributed by atoms with Crippen molar-refractivity contribution >= 4 is 18.0 Å². The van der Waals surface area contributed by atoms with Crippen LogP contribution in [0.15, 0.2) is 83.9 Å². The van der Waals surface area contributed by atoms with Crippen LogP contribution >= 0.6 is 0 Å². The molecule has 31 heavy (non-hydrogen) atoms. The number of rotatable bonds is 4. The molecule has 0 spiro atoms. The Bertz CT molecular complexity index is 1150. The highest BCUT2D eigenvalue weighted by Gasteiger charge is 2.38. The maximum Gasteiger partial charge on any atom is 0.261 e. The second-order valence-electron chi connectivity index (χ2n) is 8.19. The molecular weight excluding hydrogens is 384 g/mol. The lowest BCUT2D eigenvalue weighted by atomic mass is 9.87. The smallest absolute Gasteiger partial charge is 0.261 e. The fraction of sp³-hybridized carbons (Fsp3) is 0.222. The van der Waals surface area contributed by atoms with Gasteiger partial charge in [-0.2, -0.15) is 0 Å². The molecule has 1 aliphatic heterocycles. The number of benzene rings is 3. The summed E-state index contributed by atoms with van der Waals surface area (Å²) in [4.78, 5) is 32.8. The Labute approximate surface area is 182 Å². The van der Waals surface area contributed by atoms with Crippen molar-refractivity contribution in [3.63, 3.8) is 0 Å². The predicted molar refractivity (Wildman–Crippen MR) is 121 cm³/mol. The van der Waals surface area contributed by atoms with Gasteiger partial charge in [0, 0.05) is 11.8 Å². The molecular formula is C27H24N2O2. The number of hydrogen-bond acceptors (Lipinski definition) is 3. The average molecular weight is 409 g/mol. The Morgan fingerprint density at radius 1 is 0.871 bits per heavy atom. The SMILES string of the molecule is O=C1c2ccccc2[C@@H](C=N[C@@H]2CCCc3ccccc32)C(=O)N1Cc1ccccc1. The Balaban J connectivity index is 1.49. The Morgan fingerprint density at radius 3 is 2.42 bits per heavy atom. The number of carbonyl (C=O) groups excluding carboxylic acids is 2. The maximum absolute atomic E-state index is 13.4. The van der Waals surface area contributed by atoms with E-state index in [1.807, 2.05) is 54.6 Å². The van der Waals surface area contributed by atoms with Gasteiger partial charge in [0.2, 0.25) is 5.91 Å². The molecule has 1 heterocycles. The highest BCUT2D eigenvalue weighted by atomic mass is 16.2. The van der Waals surface area contributed by atoms with Crippen molar-refractivity contribution in [2.24, 2.45) is 4.99 Å². The summed E-state index contributed by atoms with van der Waals surface area (Å²) in [5, 5.41) is 0. The van der Waals surface area contributed by atoms with Gasteiger partial charge >= 0.3 is 0 Å². The first-order valence-electron chi connectivity index (χ1n) is 10.8. The Kier molecular flexibility index (Phi) is 5.21. The third kappa shape index (κ3) is 3.70. The van der Waals surface area contributed by atoms with Crippen LogP contribution in [0.3, 0.4) is 0 Å². The van der Waals surface area contributed by atoms with E-state index in [9.17, 15) is 9.59 Å².